The number of esters is 1. The van der Waals surface area contributed by atoms with Gasteiger partial charge in [0.1, 0.15) is 11.9 Å². The molecule has 1 unspecified atom stereocenters. The first-order chi connectivity index (χ1) is 13.8. The lowest BCUT2D eigenvalue weighted by Gasteiger charge is -2.18. The molecular formula is C21H20FN3O4. The molecule has 2 aromatic rings. The lowest BCUT2D eigenvalue weighted by molar-refractivity contribution is 0.0432. The Labute approximate surface area is 166 Å². The third-order valence-corrected chi connectivity index (χ3v) is 5.06. The molecule has 0 saturated heterocycles. The highest BCUT2D eigenvalue weighted by Crippen LogP contribution is 2.21. The number of aryl methyl sites for hydroxylation is 1. The minimum atomic E-state index is -0.960. The second-order valence-electron chi connectivity index (χ2n) is 7.01. The molecule has 7 nitrogen and oxygen atoms in total. The molecule has 1 aliphatic rings. The Kier molecular flexibility index (Phi) is 5.78. The van der Waals surface area contributed by atoms with Gasteiger partial charge in [-0.05, 0) is 44.2 Å². The van der Waals surface area contributed by atoms with Gasteiger partial charge in [-0.25, -0.2) is 18.5 Å². The van der Waals surface area contributed by atoms with Crippen molar-refractivity contribution in [1.29, 1.82) is 5.26 Å². The summed E-state index contributed by atoms with van der Waals surface area (Å²) in [6, 6.07) is 4.81. The van der Waals surface area contributed by atoms with Gasteiger partial charge < -0.3 is 9.30 Å². The van der Waals surface area contributed by atoms with Crippen molar-refractivity contribution in [3.8, 4) is 11.8 Å². The van der Waals surface area contributed by atoms with Gasteiger partial charge in [-0.2, -0.15) is 5.26 Å². The number of carbonyl (C=O) groups excluding carboxylic acids is 1. The van der Waals surface area contributed by atoms with E-state index in [2.05, 4.69) is 6.08 Å². The van der Waals surface area contributed by atoms with Crippen LogP contribution in [0.2, 0.25) is 0 Å². The fourth-order valence-corrected chi connectivity index (χ4v) is 3.23. The molecule has 0 N–H and O–H groups in total. The van der Waals surface area contributed by atoms with Crippen LogP contribution in [-0.4, -0.2) is 21.7 Å². The highest BCUT2D eigenvalue weighted by molar-refractivity contribution is 5.93. The summed E-state index contributed by atoms with van der Waals surface area (Å²) in [4.78, 5) is 37.4. The van der Waals surface area contributed by atoms with Gasteiger partial charge >= 0.3 is 11.7 Å². The minimum absolute atomic E-state index is 0.174. The van der Waals surface area contributed by atoms with Gasteiger partial charge in [0.15, 0.2) is 0 Å². The Bertz CT molecular complexity index is 1150. The molecule has 0 fully saturated rings. The lowest BCUT2D eigenvalue weighted by Crippen LogP contribution is -2.38. The summed E-state index contributed by atoms with van der Waals surface area (Å²) in [5.41, 5.74) is -1.90. The second-order valence-corrected chi connectivity index (χ2v) is 7.01. The Balaban J connectivity index is 2.02. The summed E-state index contributed by atoms with van der Waals surface area (Å²) >= 11 is 0. The number of carbonyl (C=O) groups is 1. The van der Waals surface area contributed by atoms with Crippen LogP contribution in [0, 0.1) is 30.0 Å². The van der Waals surface area contributed by atoms with E-state index in [9.17, 15) is 24.0 Å². The van der Waals surface area contributed by atoms with Crippen LogP contribution in [0.5, 0.6) is 0 Å². The summed E-state index contributed by atoms with van der Waals surface area (Å²) in [5.74, 6) is -1.57. The van der Waals surface area contributed by atoms with Crippen molar-refractivity contribution in [2.75, 3.05) is 6.61 Å². The summed E-state index contributed by atoms with van der Waals surface area (Å²) in [6.07, 6.45) is 6.68. The quantitative estimate of drug-likeness (QED) is 0.583. The number of nitriles is 1. The molecule has 150 valence electrons. The molecule has 0 saturated carbocycles. The van der Waals surface area contributed by atoms with Crippen molar-refractivity contribution in [3.63, 3.8) is 0 Å². The zero-order chi connectivity index (χ0) is 21.1. The molecule has 0 spiro atoms. The molecule has 0 radical (unpaired) electrons. The topological polar surface area (TPSA) is 94.1 Å². The van der Waals surface area contributed by atoms with E-state index >= 15 is 0 Å². The van der Waals surface area contributed by atoms with E-state index in [-0.39, 0.29) is 23.7 Å². The SMILES string of the molecule is Cc1cc(=O)n(-c2cc(C(=O)OCC3CC=CCC3)c(C#N)cc2F)c(=O)n1C. The van der Waals surface area contributed by atoms with E-state index in [1.54, 1.807) is 13.0 Å². The smallest absolute Gasteiger partial charge is 0.339 e. The summed E-state index contributed by atoms with van der Waals surface area (Å²) < 4.78 is 21.8. The third kappa shape index (κ3) is 4.04. The van der Waals surface area contributed by atoms with Gasteiger partial charge in [0.2, 0.25) is 0 Å². The summed E-state index contributed by atoms with van der Waals surface area (Å²) in [6.45, 7) is 1.75. The zero-order valence-corrected chi connectivity index (χ0v) is 16.1. The molecule has 1 heterocycles. The van der Waals surface area contributed by atoms with Crippen LogP contribution < -0.4 is 11.2 Å². The fourth-order valence-electron chi connectivity index (χ4n) is 3.23. The largest absolute Gasteiger partial charge is 0.462 e. The normalized spacial score (nSPS) is 15.7. The fraction of sp³-hybridized carbons (Fsp3) is 0.333. The molecule has 1 aliphatic carbocycles. The van der Waals surface area contributed by atoms with Crippen LogP contribution in [0.4, 0.5) is 4.39 Å². The predicted molar refractivity (Wildman–Crippen MR) is 103 cm³/mol. The first kappa shape index (κ1) is 20.3. The number of allylic oxidation sites excluding steroid dienone is 2. The number of hydrogen-bond acceptors (Lipinski definition) is 5. The third-order valence-electron chi connectivity index (χ3n) is 5.06. The Morgan fingerprint density at radius 3 is 2.72 bits per heavy atom. The molecule has 0 aliphatic heterocycles. The van der Waals surface area contributed by atoms with Crippen molar-refractivity contribution < 1.29 is 13.9 Å². The van der Waals surface area contributed by atoms with Crippen molar-refractivity contribution in [3.05, 3.63) is 73.8 Å². The van der Waals surface area contributed by atoms with Crippen LogP contribution in [0.3, 0.4) is 0 Å². The monoisotopic (exact) mass is 397 g/mol. The molecule has 3 rings (SSSR count). The second kappa shape index (κ2) is 8.27. The summed E-state index contributed by atoms with van der Waals surface area (Å²) in [5, 5.41) is 9.29. The van der Waals surface area contributed by atoms with Crippen molar-refractivity contribution >= 4 is 5.97 Å². The maximum atomic E-state index is 14.6. The molecule has 29 heavy (non-hydrogen) atoms. The Hall–Kier alpha value is -3.47. The Morgan fingerprint density at radius 2 is 2.07 bits per heavy atom. The van der Waals surface area contributed by atoms with Gasteiger partial charge in [-0.15, -0.1) is 0 Å². The highest BCUT2D eigenvalue weighted by Gasteiger charge is 2.22. The first-order valence-electron chi connectivity index (χ1n) is 9.19. The maximum absolute atomic E-state index is 14.6. The first-order valence-corrected chi connectivity index (χ1v) is 9.19. The highest BCUT2D eigenvalue weighted by atomic mass is 19.1. The number of aromatic nitrogens is 2. The molecule has 1 aromatic carbocycles. The molecular weight excluding hydrogens is 377 g/mol. The van der Waals surface area contributed by atoms with Gasteiger partial charge in [0.25, 0.3) is 5.56 Å². The van der Waals surface area contributed by atoms with Crippen LogP contribution >= 0.6 is 0 Å². The molecule has 0 bridgehead atoms. The number of ether oxygens (including phenoxy) is 1. The zero-order valence-electron chi connectivity index (χ0n) is 16.1. The van der Waals surface area contributed by atoms with E-state index in [0.29, 0.717) is 10.3 Å². The van der Waals surface area contributed by atoms with E-state index in [4.69, 9.17) is 4.74 Å². The number of rotatable bonds is 4. The minimum Gasteiger partial charge on any atom is -0.462 e. The maximum Gasteiger partial charge on any atom is 0.339 e. The van der Waals surface area contributed by atoms with Crippen LogP contribution in [0.1, 0.15) is 40.9 Å². The molecule has 0 amide bonds. The lowest BCUT2D eigenvalue weighted by atomic mass is 9.95. The average molecular weight is 397 g/mol. The molecule has 1 atom stereocenters. The van der Waals surface area contributed by atoms with Crippen LogP contribution in [-0.2, 0) is 11.8 Å². The van der Waals surface area contributed by atoms with Gasteiger partial charge in [-0.3, -0.25) is 4.79 Å². The van der Waals surface area contributed by atoms with Gasteiger partial charge in [0.05, 0.1) is 23.4 Å². The van der Waals surface area contributed by atoms with Gasteiger partial charge in [0, 0.05) is 18.8 Å². The van der Waals surface area contributed by atoms with Crippen molar-refractivity contribution in [2.45, 2.75) is 26.2 Å². The summed E-state index contributed by atoms with van der Waals surface area (Å²) in [7, 11) is 1.45. The number of hydrogen-bond donors (Lipinski definition) is 0. The standard InChI is InChI=1S/C21H20FN3O4/c1-13-8-19(26)25(21(28)24(13)2)18-10-16(15(11-23)9-17(18)22)20(27)29-12-14-6-4-3-5-7-14/h3-4,8-10,14H,5-7,12H2,1-2H3. The predicted octanol–water partition coefficient (Wildman–Crippen LogP) is 2.37. The van der Waals surface area contributed by atoms with Gasteiger partial charge in [-0.1, -0.05) is 12.2 Å². The van der Waals surface area contributed by atoms with E-state index in [0.717, 1.165) is 31.4 Å². The van der Waals surface area contributed by atoms with E-state index in [1.165, 1.54) is 17.7 Å². The van der Waals surface area contributed by atoms with Crippen molar-refractivity contribution in [1.82, 2.24) is 9.13 Å². The molecule has 8 heteroatoms. The van der Waals surface area contributed by atoms with Crippen LogP contribution in [0.15, 0.2) is 39.9 Å². The molecule has 1 aromatic heterocycles. The van der Waals surface area contributed by atoms with Crippen molar-refractivity contribution in [2.24, 2.45) is 13.0 Å². The van der Waals surface area contributed by atoms with Crippen LogP contribution in [0.25, 0.3) is 5.69 Å². The number of halogens is 1. The number of benzene rings is 1. The van der Waals surface area contributed by atoms with E-state index < -0.39 is 28.7 Å². The Morgan fingerprint density at radius 1 is 1.31 bits per heavy atom. The number of nitrogens with zero attached hydrogens (tertiary/aromatic N) is 3. The van der Waals surface area contributed by atoms with E-state index in [1.807, 2.05) is 6.08 Å². The average Bonchev–Trinajstić information content (AvgIpc) is 2.72.